The lowest BCUT2D eigenvalue weighted by Crippen LogP contribution is -2.06. The van der Waals surface area contributed by atoms with E-state index in [9.17, 15) is 30.8 Å². The van der Waals surface area contributed by atoms with Crippen LogP contribution in [0.1, 0.15) is 11.1 Å². The first-order valence-electron chi connectivity index (χ1n) is 7.14. The van der Waals surface area contributed by atoms with Crippen molar-refractivity contribution in [2.45, 2.75) is 4.90 Å². The zero-order valence-electron chi connectivity index (χ0n) is 13.1. The number of cyclic esters (lactones) is 1. The smallest absolute Gasteiger partial charge is 0.339 e. The van der Waals surface area contributed by atoms with E-state index in [1.165, 1.54) is 0 Å². The standard InChI is InChI=1S/C17H10F4O4S/c1-26(23,24)16-13(20)5-9(6-14(16)21)10-7-25-17(22)15(10)8-2-3-11(18)12(19)4-8/h2-6H,7H2,1H3. The minimum absolute atomic E-state index is 0.0267. The summed E-state index contributed by atoms with van der Waals surface area (Å²) in [6.07, 6.45) is 0.655. The second-order valence-electron chi connectivity index (χ2n) is 5.60. The van der Waals surface area contributed by atoms with Gasteiger partial charge in [0, 0.05) is 11.8 Å². The number of rotatable bonds is 3. The van der Waals surface area contributed by atoms with Crippen LogP contribution in [-0.4, -0.2) is 27.2 Å². The molecule has 0 aliphatic carbocycles. The summed E-state index contributed by atoms with van der Waals surface area (Å²) in [6.45, 7) is -0.357. The molecule has 1 aliphatic heterocycles. The van der Waals surface area contributed by atoms with Crippen molar-refractivity contribution in [3.63, 3.8) is 0 Å². The second kappa shape index (κ2) is 6.24. The van der Waals surface area contributed by atoms with Crippen molar-refractivity contribution >= 4 is 27.0 Å². The fourth-order valence-corrected chi connectivity index (χ4v) is 3.49. The van der Waals surface area contributed by atoms with Crippen LogP contribution in [0, 0.1) is 23.3 Å². The van der Waals surface area contributed by atoms with Gasteiger partial charge in [0.2, 0.25) is 0 Å². The van der Waals surface area contributed by atoms with Gasteiger partial charge in [-0.25, -0.2) is 30.8 Å². The minimum atomic E-state index is -4.15. The van der Waals surface area contributed by atoms with Gasteiger partial charge in [-0.15, -0.1) is 0 Å². The molecule has 0 atom stereocenters. The number of carbonyl (C=O) groups excluding carboxylic acids is 1. The van der Waals surface area contributed by atoms with E-state index in [4.69, 9.17) is 4.74 Å². The van der Waals surface area contributed by atoms with Gasteiger partial charge in [-0.3, -0.25) is 0 Å². The Kier molecular flexibility index (Phi) is 4.35. The molecule has 0 bridgehead atoms. The summed E-state index contributed by atoms with van der Waals surface area (Å²) in [5.74, 6) is -5.88. The number of benzene rings is 2. The molecule has 0 radical (unpaired) electrons. The minimum Gasteiger partial charge on any atom is -0.457 e. The average molecular weight is 386 g/mol. The molecule has 0 amide bonds. The molecule has 136 valence electrons. The van der Waals surface area contributed by atoms with Crippen LogP contribution in [0.3, 0.4) is 0 Å². The van der Waals surface area contributed by atoms with Gasteiger partial charge < -0.3 is 4.74 Å². The van der Waals surface area contributed by atoms with E-state index in [1.54, 1.807) is 0 Å². The Balaban J connectivity index is 2.22. The summed E-state index contributed by atoms with van der Waals surface area (Å²) in [7, 11) is -4.15. The fraction of sp³-hybridized carbons (Fsp3) is 0.118. The third kappa shape index (κ3) is 3.10. The second-order valence-corrected chi connectivity index (χ2v) is 7.55. The first-order valence-corrected chi connectivity index (χ1v) is 9.04. The molecule has 3 rings (SSSR count). The van der Waals surface area contributed by atoms with Gasteiger partial charge in [-0.1, -0.05) is 6.07 Å². The molecule has 2 aromatic rings. The third-order valence-electron chi connectivity index (χ3n) is 3.78. The number of halogens is 4. The first kappa shape index (κ1) is 18.1. The third-order valence-corrected chi connectivity index (χ3v) is 4.91. The molecular weight excluding hydrogens is 376 g/mol. The van der Waals surface area contributed by atoms with Gasteiger partial charge in [-0.05, 0) is 35.4 Å². The van der Waals surface area contributed by atoms with Crippen molar-refractivity contribution < 1.29 is 35.5 Å². The van der Waals surface area contributed by atoms with Gasteiger partial charge >= 0.3 is 5.97 Å². The first-order chi connectivity index (χ1) is 12.1. The van der Waals surface area contributed by atoms with Crippen molar-refractivity contribution in [2.24, 2.45) is 0 Å². The van der Waals surface area contributed by atoms with E-state index in [1.807, 2.05) is 0 Å². The summed E-state index contributed by atoms with van der Waals surface area (Å²) >= 11 is 0. The van der Waals surface area contributed by atoms with Crippen LogP contribution in [0.25, 0.3) is 11.1 Å². The highest BCUT2D eigenvalue weighted by molar-refractivity contribution is 7.90. The van der Waals surface area contributed by atoms with E-state index in [2.05, 4.69) is 0 Å². The van der Waals surface area contributed by atoms with Gasteiger partial charge in [0.15, 0.2) is 21.5 Å². The van der Waals surface area contributed by atoms with Crippen molar-refractivity contribution in [1.82, 2.24) is 0 Å². The molecule has 9 heteroatoms. The molecule has 0 N–H and O–H groups in total. The van der Waals surface area contributed by atoms with Crippen LogP contribution >= 0.6 is 0 Å². The van der Waals surface area contributed by atoms with Crippen molar-refractivity contribution in [1.29, 1.82) is 0 Å². The largest absolute Gasteiger partial charge is 0.457 e. The maximum Gasteiger partial charge on any atom is 0.339 e. The lowest BCUT2D eigenvalue weighted by atomic mass is 9.96. The molecular formula is C17H10F4O4S. The molecule has 0 unspecified atom stereocenters. The summed E-state index contributed by atoms with van der Waals surface area (Å²) in [4.78, 5) is 10.9. The Morgan fingerprint density at radius 1 is 0.885 bits per heavy atom. The number of carbonyl (C=O) groups is 1. The molecule has 2 aromatic carbocycles. The van der Waals surface area contributed by atoms with Gasteiger partial charge in [0.05, 0.1) is 5.57 Å². The van der Waals surface area contributed by atoms with Crippen molar-refractivity contribution in [3.05, 3.63) is 64.7 Å². The predicted molar refractivity (Wildman–Crippen MR) is 83.6 cm³/mol. The fourth-order valence-electron chi connectivity index (χ4n) is 2.66. The maximum atomic E-state index is 14.1. The molecule has 0 fully saturated rings. The van der Waals surface area contributed by atoms with Crippen LogP contribution in [0.4, 0.5) is 17.6 Å². The number of hydrogen-bond acceptors (Lipinski definition) is 4. The number of ether oxygens (including phenoxy) is 1. The summed E-state index contributed by atoms with van der Waals surface area (Å²) in [5.41, 5.74) is -0.332. The highest BCUT2D eigenvalue weighted by Gasteiger charge is 2.30. The Labute approximate surface area is 145 Å². The maximum absolute atomic E-state index is 14.1. The Morgan fingerprint density at radius 3 is 2.00 bits per heavy atom. The lowest BCUT2D eigenvalue weighted by Gasteiger charge is -2.09. The van der Waals surface area contributed by atoms with Crippen LogP contribution in [0.2, 0.25) is 0 Å². The monoisotopic (exact) mass is 386 g/mol. The van der Waals surface area contributed by atoms with Crippen molar-refractivity contribution in [2.75, 3.05) is 12.9 Å². The lowest BCUT2D eigenvalue weighted by molar-refractivity contribution is -0.133. The Hall–Kier alpha value is -2.68. The summed E-state index contributed by atoms with van der Waals surface area (Å²) in [6, 6.07) is 4.18. The van der Waals surface area contributed by atoms with E-state index < -0.39 is 44.0 Å². The molecule has 0 saturated carbocycles. The number of hydrogen-bond donors (Lipinski definition) is 0. The summed E-state index contributed by atoms with van der Waals surface area (Å²) in [5, 5.41) is 0. The van der Waals surface area contributed by atoms with E-state index >= 15 is 0 Å². The number of sulfone groups is 1. The van der Waals surface area contributed by atoms with Crippen molar-refractivity contribution in [3.8, 4) is 0 Å². The normalized spacial score (nSPS) is 14.7. The van der Waals surface area contributed by atoms with Crippen LogP contribution in [0.5, 0.6) is 0 Å². The van der Waals surface area contributed by atoms with Gasteiger partial charge in [0.25, 0.3) is 0 Å². The van der Waals surface area contributed by atoms with E-state index in [-0.39, 0.29) is 28.9 Å². The Bertz CT molecular complexity index is 1050. The molecule has 1 heterocycles. The highest BCUT2D eigenvalue weighted by Crippen LogP contribution is 2.35. The predicted octanol–water partition coefficient (Wildman–Crippen LogP) is 3.11. The van der Waals surface area contributed by atoms with Crippen LogP contribution in [-0.2, 0) is 19.4 Å². The highest BCUT2D eigenvalue weighted by atomic mass is 32.2. The molecule has 0 aromatic heterocycles. The zero-order valence-corrected chi connectivity index (χ0v) is 14.0. The molecule has 0 saturated heterocycles. The number of esters is 1. The summed E-state index contributed by atoms with van der Waals surface area (Å²) < 4.78 is 82.6. The molecule has 0 spiro atoms. The quantitative estimate of drug-likeness (QED) is 0.601. The van der Waals surface area contributed by atoms with Crippen LogP contribution in [0.15, 0.2) is 35.2 Å². The Morgan fingerprint density at radius 2 is 1.46 bits per heavy atom. The van der Waals surface area contributed by atoms with Gasteiger partial charge in [-0.2, -0.15) is 0 Å². The average Bonchev–Trinajstić information content (AvgIpc) is 2.89. The van der Waals surface area contributed by atoms with Gasteiger partial charge in [0.1, 0.15) is 23.1 Å². The topological polar surface area (TPSA) is 60.4 Å². The van der Waals surface area contributed by atoms with E-state index in [0.717, 1.165) is 30.3 Å². The molecule has 4 nitrogen and oxygen atoms in total. The molecule has 26 heavy (non-hydrogen) atoms. The zero-order chi connectivity index (χ0) is 19.2. The van der Waals surface area contributed by atoms with E-state index in [0.29, 0.717) is 6.26 Å². The molecule has 1 aliphatic rings. The van der Waals surface area contributed by atoms with Crippen LogP contribution < -0.4 is 0 Å². The SMILES string of the molecule is CS(=O)(=O)c1c(F)cc(C2=C(c3ccc(F)c(F)c3)C(=O)OC2)cc1F.